The number of rotatable bonds is 4. The molecule has 5 heteroatoms. The summed E-state index contributed by atoms with van der Waals surface area (Å²) in [7, 11) is 0. The van der Waals surface area contributed by atoms with Gasteiger partial charge in [-0.3, -0.25) is 4.79 Å². The van der Waals surface area contributed by atoms with Crippen LogP contribution >= 0.6 is 0 Å². The summed E-state index contributed by atoms with van der Waals surface area (Å²) in [4.78, 5) is 12.2. The van der Waals surface area contributed by atoms with Crippen molar-refractivity contribution >= 4 is 5.91 Å². The smallest absolute Gasteiger partial charge is 0.290 e. The zero-order valence-corrected chi connectivity index (χ0v) is 12.5. The molecule has 1 fully saturated rings. The van der Waals surface area contributed by atoms with Gasteiger partial charge in [-0.25, -0.2) is 0 Å². The summed E-state index contributed by atoms with van der Waals surface area (Å²) in [5.74, 6) is 1.48. The number of nitrogens with one attached hydrogen (secondary N) is 2. The Labute approximate surface area is 129 Å². The number of ether oxygens (including phenoxy) is 1. The van der Waals surface area contributed by atoms with Crippen LogP contribution in [0, 0.1) is 5.92 Å². The quantitative estimate of drug-likeness (QED) is 0.911. The summed E-state index contributed by atoms with van der Waals surface area (Å²) < 4.78 is 11.0. The summed E-state index contributed by atoms with van der Waals surface area (Å²) in [5, 5.41) is 6.35. The molecule has 0 spiro atoms. The van der Waals surface area contributed by atoms with Gasteiger partial charge in [-0.1, -0.05) is 25.1 Å². The molecular weight excluding hydrogens is 280 g/mol. The molecule has 2 aromatic rings. The molecule has 0 saturated carbocycles. The average molecular weight is 300 g/mol. The fourth-order valence-corrected chi connectivity index (χ4v) is 2.57. The van der Waals surface area contributed by atoms with Crippen molar-refractivity contribution in [3.63, 3.8) is 0 Å². The van der Waals surface area contributed by atoms with E-state index in [1.807, 2.05) is 30.3 Å². The first kappa shape index (κ1) is 14.7. The molecule has 1 amide bonds. The van der Waals surface area contributed by atoms with Crippen LogP contribution in [0.1, 0.15) is 23.9 Å². The van der Waals surface area contributed by atoms with E-state index in [-0.39, 0.29) is 17.7 Å². The van der Waals surface area contributed by atoms with Crippen molar-refractivity contribution in [1.82, 2.24) is 10.6 Å². The number of para-hydroxylation sites is 1. The minimum absolute atomic E-state index is 0.178. The maximum absolute atomic E-state index is 12.2. The van der Waals surface area contributed by atoms with Gasteiger partial charge >= 0.3 is 0 Å². The molecule has 22 heavy (non-hydrogen) atoms. The Hall–Kier alpha value is -2.27. The van der Waals surface area contributed by atoms with Crippen LogP contribution in [0.4, 0.5) is 0 Å². The lowest BCUT2D eigenvalue weighted by atomic mass is 9.95. The second-order valence-corrected chi connectivity index (χ2v) is 5.58. The monoisotopic (exact) mass is 300 g/mol. The molecule has 1 aliphatic rings. The molecule has 1 aromatic heterocycles. The van der Waals surface area contributed by atoms with Crippen LogP contribution in [-0.4, -0.2) is 25.0 Å². The minimum Gasteiger partial charge on any atom is -0.426 e. The van der Waals surface area contributed by atoms with E-state index in [1.54, 1.807) is 12.1 Å². The van der Waals surface area contributed by atoms with Crippen LogP contribution < -0.4 is 15.4 Å². The van der Waals surface area contributed by atoms with E-state index in [0.29, 0.717) is 17.6 Å². The molecule has 116 valence electrons. The normalized spacial score (nSPS) is 21.3. The number of hydrogen-bond acceptors (Lipinski definition) is 4. The zero-order chi connectivity index (χ0) is 15.4. The van der Waals surface area contributed by atoms with Crippen molar-refractivity contribution in [2.75, 3.05) is 13.1 Å². The number of amides is 1. The Morgan fingerprint density at radius 1 is 1.27 bits per heavy atom. The number of benzene rings is 1. The van der Waals surface area contributed by atoms with Gasteiger partial charge in [-0.2, -0.15) is 0 Å². The van der Waals surface area contributed by atoms with Gasteiger partial charge in [0.2, 0.25) is 0 Å². The van der Waals surface area contributed by atoms with E-state index in [1.165, 1.54) is 0 Å². The molecule has 0 bridgehead atoms. The highest BCUT2D eigenvalue weighted by Gasteiger charge is 2.24. The van der Waals surface area contributed by atoms with E-state index < -0.39 is 0 Å². The standard InChI is InChI=1S/C17H20N2O3/c1-12-11-18-10-9-14(12)19-17(20)15-7-8-16(22-15)21-13-5-3-2-4-6-13/h2-8,12,14,18H,9-11H2,1H3,(H,19,20). The molecule has 2 N–H and O–H groups in total. The third-order valence-electron chi connectivity index (χ3n) is 3.87. The SMILES string of the molecule is CC1CNCCC1NC(=O)c1ccc(Oc2ccccc2)o1. The highest BCUT2D eigenvalue weighted by atomic mass is 16.6. The summed E-state index contributed by atoms with van der Waals surface area (Å²) in [6.07, 6.45) is 0.932. The molecule has 0 radical (unpaired) electrons. The number of hydrogen-bond donors (Lipinski definition) is 2. The van der Waals surface area contributed by atoms with Crippen molar-refractivity contribution in [3.8, 4) is 11.7 Å². The second-order valence-electron chi connectivity index (χ2n) is 5.58. The van der Waals surface area contributed by atoms with Crippen molar-refractivity contribution in [1.29, 1.82) is 0 Å². The number of carbonyl (C=O) groups is 1. The number of piperidine rings is 1. The summed E-state index contributed by atoms with van der Waals surface area (Å²) in [6.45, 7) is 3.98. The van der Waals surface area contributed by atoms with Crippen LogP contribution in [-0.2, 0) is 0 Å². The number of carbonyl (C=O) groups excluding carboxylic acids is 1. The maximum Gasteiger partial charge on any atom is 0.290 e. The van der Waals surface area contributed by atoms with Gasteiger partial charge in [-0.05, 0) is 43.6 Å². The summed E-state index contributed by atoms with van der Waals surface area (Å²) in [5.41, 5.74) is 0. The topological polar surface area (TPSA) is 63.5 Å². The van der Waals surface area contributed by atoms with Crippen molar-refractivity contribution < 1.29 is 13.9 Å². The van der Waals surface area contributed by atoms with E-state index in [4.69, 9.17) is 9.15 Å². The Morgan fingerprint density at radius 2 is 2.09 bits per heavy atom. The van der Waals surface area contributed by atoms with Gasteiger partial charge in [0.05, 0.1) is 0 Å². The van der Waals surface area contributed by atoms with E-state index in [0.717, 1.165) is 19.5 Å². The fraction of sp³-hybridized carbons (Fsp3) is 0.353. The van der Waals surface area contributed by atoms with Crippen molar-refractivity contribution in [2.45, 2.75) is 19.4 Å². The summed E-state index contributed by atoms with van der Waals surface area (Å²) in [6, 6.07) is 12.8. The summed E-state index contributed by atoms with van der Waals surface area (Å²) >= 11 is 0. The average Bonchev–Trinajstić information content (AvgIpc) is 2.99. The van der Waals surface area contributed by atoms with Crippen LogP contribution in [0.2, 0.25) is 0 Å². The van der Waals surface area contributed by atoms with Gasteiger partial charge < -0.3 is 19.8 Å². The fourth-order valence-electron chi connectivity index (χ4n) is 2.57. The van der Waals surface area contributed by atoms with E-state index in [9.17, 15) is 4.79 Å². The Bertz CT molecular complexity index is 624. The van der Waals surface area contributed by atoms with Crippen LogP contribution in [0.25, 0.3) is 0 Å². The maximum atomic E-state index is 12.2. The van der Waals surface area contributed by atoms with Crippen LogP contribution in [0.5, 0.6) is 11.7 Å². The molecule has 2 unspecified atom stereocenters. The Balaban J connectivity index is 1.61. The molecule has 2 heterocycles. The molecule has 3 rings (SSSR count). The molecule has 5 nitrogen and oxygen atoms in total. The Morgan fingerprint density at radius 3 is 2.86 bits per heavy atom. The van der Waals surface area contributed by atoms with Gasteiger partial charge in [0, 0.05) is 12.1 Å². The van der Waals surface area contributed by atoms with Gasteiger partial charge in [-0.15, -0.1) is 0 Å². The highest BCUT2D eigenvalue weighted by molar-refractivity contribution is 5.91. The first-order valence-electron chi connectivity index (χ1n) is 7.56. The molecule has 1 aromatic carbocycles. The largest absolute Gasteiger partial charge is 0.426 e. The third kappa shape index (κ3) is 3.49. The number of furan rings is 1. The first-order chi connectivity index (χ1) is 10.7. The molecule has 2 atom stereocenters. The molecule has 1 saturated heterocycles. The molecule has 1 aliphatic heterocycles. The molecular formula is C17H20N2O3. The van der Waals surface area contributed by atoms with Gasteiger partial charge in [0.15, 0.2) is 5.76 Å². The predicted molar refractivity (Wildman–Crippen MR) is 83.1 cm³/mol. The van der Waals surface area contributed by atoms with E-state index in [2.05, 4.69) is 17.6 Å². The lowest BCUT2D eigenvalue weighted by Gasteiger charge is -2.29. The third-order valence-corrected chi connectivity index (χ3v) is 3.87. The highest BCUT2D eigenvalue weighted by Crippen LogP contribution is 2.23. The molecule has 0 aliphatic carbocycles. The predicted octanol–water partition coefficient (Wildman–Crippen LogP) is 2.80. The van der Waals surface area contributed by atoms with Crippen LogP contribution in [0.15, 0.2) is 46.9 Å². The van der Waals surface area contributed by atoms with Gasteiger partial charge in [0.1, 0.15) is 5.75 Å². The zero-order valence-electron chi connectivity index (χ0n) is 12.5. The first-order valence-corrected chi connectivity index (χ1v) is 7.56. The van der Waals surface area contributed by atoms with Crippen LogP contribution in [0.3, 0.4) is 0 Å². The lowest BCUT2D eigenvalue weighted by molar-refractivity contribution is 0.0881. The second kappa shape index (κ2) is 6.66. The van der Waals surface area contributed by atoms with Gasteiger partial charge in [0.25, 0.3) is 11.9 Å². The minimum atomic E-state index is -0.193. The van der Waals surface area contributed by atoms with Crippen molar-refractivity contribution in [3.05, 3.63) is 48.2 Å². The van der Waals surface area contributed by atoms with E-state index >= 15 is 0 Å². The van der Waals surface area contributed by atoms with Crippen molar-refractivity contribution in [2.24, 2.45) is 5.92 Å². The Kier molecular flexibility index (Phi) is 4.44. The lowest BCUT2D eigenvalue weighted by Crippen LogP contribution is -2.48.